The summed E-state index contributed by atoms with van der Waals surface area (Å²) in [6, 6.07) is 3.06. The molecule has 146 valence electrons. The van der Waals surface area contributed by atoms with E-state index in [4.69, 9.17) is 5.11 Å². The molecule has 7 nitrogen and oxygen atoms in total. The first-order chi connectivity index (χ1) is 12.9. The Morgan fingerprint density at radius 2 is 2.04 bits per heavy atom. The summed E-state index contributed by atoms with van der Waals surface area (Å²) < 4.78 is 1.99. The number of aromatic nitrogens is 3. The molecule has 0 aliphatic heterocycles. The van der Waals surface area contributed by atoms with Gasteiger partial charge in [0.05, 0.1) is 5.56 Å². The van der Waals surface area contributed by atoms with Gasteiger partial charge in [-0.15, -0.1) is 0 Å². The summed E-state index contributed by atoms with van der Waals surface area (Å²) in [5.41, 5.74) is 0.935. The van der Waals surface area contributed by atoms with E-state index in [0.717, 1.165) is 25.1 Å². The zero-order valence-electron chi connectivity index (χ0n) is 16.3. The lowest BCUT2D eigenvalue weighted by molar-refractivity contribution is -0.134. The maximum Gasteiger partial charge on any atom is 0.335 e. The first kappa shape index (κ1) is 20.6. The quantitative estimate of drug-likeness (QED) is 0.692. The summed E-state index contributed by atoms with van der Waals surface area (Å²) in [5.74, 6) is 0.103. The number of carboxylic acids is 1. The second-order valence-corrected chi connectivity index (χ2v) is 6.80. The molecule has 1 amide bonds. The lowest BCUT2D eigenvalue weighted by Gasteiger charge is -2.23. The molecule has 1 unspecified atom stereocenters. The summed E-state index contributed by atoms with van der Waals surface area (Å²) in [5, 5.41) is 9.07. The molecule has 0 bridgehead atoms. The first-order valence-electron chi connectivity index (χ1n) is 9.31. The van der Waals surface area contributed by atoms with Crippen molar-refractivity contribution in [3.8, 4) is 0 Å². The smallest absolute Gasteiger partial charge is 0.335 e. The molecule has 0 aliphatic rings. The van der Waals surface area contributed by atoms with Gasteiger partial charge in [0.25, 0.3) is 0 Å². The number of amides is 1. The number of nitrogens with zero attached hydrogens (tertiary/aromatic N) is 4. The predicted molar refractivity (Wildman–Crippen MR) is 102 cm³/mol. The molecular weight excluding hydrogens is 344 g/mol. The third kappa shape index (κ3) is 5.91. The van der Waals surface area contributed by atoms with Crippen molar-refractivity contribution in [1.82, 2.24) is 19.4 Å². The highest BCUT2D eigenvalue weighted by Crippen LogP contribution is 2.16. The molecule has 0 saturated carbocycles. The number of aromatic carboxylic acids is 1. The second-order valence-electron chi connectivity index (χ2n) is 6.80. The Balaban J connectivity index is 1.84. The van der Waals surface area contributed by atoms with Gasteiger partial charge >= 0.3 is 5.97 Å². The fourth-order valence-corrected chi connectivity index (χ4v) is 3.11. The van der Waals surface area contributed by atoms with E-state index >= 15 is 0 Å². The van der Waals surface area contributed by atoms with Gasteiger partial charge in [-0.1, -0.05) is 6.92 Å². The van der Waals surface area contributed by atoms with Crippen molar-refractivity contribution in [1.29, 1.82) is 0 Å². The number of hydrogen-bond acceptors (Lipinski definition) is 4. The number of hydrogen-bond donors (Lipinski definition) is 1. The number of carboxylic acid groups (broad SMARTS) is 1. The molecule has 27 heavy (non-hydrogen) atoms. The average Bonchev–Trinajstić information content (AvgIpc) is 3.07. The fraction of sp³-hybridized carbons (Fsp3) is 0.500. The van der Waals surface area contributed by atoms with Crippen LogP contribution in [-0.2, 0) is 24.7 Å². The molecule has 1 N–H and O–H groups in total. The van der Waals surface area contributed by atoms with Gasteiger partial charge in [-0.25, -0.2) is 9.78 Å². The van der Waals surface area contributed by atoms with Crippen molar-refractivity contribution in [3.63, 3.8) is 0 Å². The predicted octanol–water partition coefficient (Wildman–Crippen LogP) is 2.56. The van der Waals surface area contributed by atoms with Gasteiger partial charge in [-0.3, -0.25) is 9.78 Å². The average molecular weight is 372 g/mol. The minimum absolute atomic E-state index is 0.0848. The van der Waals surface area contributed by atoms with Crippen LogP contribution in [-0.4, -0.2) is 50.0 Å². The number of rotatable bonds is 10. The molecule has 0 radical (unpaired) electrons. The number of carbonyl (C=O) groups is 2. The molecule has 1 atom stereocenters. The molecule has 0 spiro atoms. The van der Waals surface area contributed by atoms with Crippen LogP contribution >= 0.6 is 0 Å². The van der Waals surface area contributed by atoms with E-state index in [1.807, 2.05) is 31.8 Å². The van der Waals surface area contributed by atoms with E-state index in [9.17, 15) is 9.59 Å². The molecule has 7 heteroatoms. The summed E-state index contributed by atoms with van der Waals surface area (Å²) in [6.45, 7) is 2.69. The Hall–Kier alpha value is -2.70. The van der Waals surface area contributed by atoms with Gasteiger partial charge in [0.1, 0.15) is 5.82 Å². The first-order valence-corrected chi connectivity index (χ1v) is 9.31. The molecule has 2 aromatic rings. The summed E-state index contributed by atoms with van der Waals surface area (Å²) in [4.78, 5) is 34.1. The molecule has 2 rings (SSSR count). The zero-order valence-corrected chi connectivity index (χ0v) is 16.3. The Morgan fingerprint density at radius 1 is 1.26 bits per heavy atom. The normalized spacial score (nSPS) is 12.0. The van der Waals surface area contributed by atoms with Crippen molar-refractivity contribution in [2.45, 2.75) is 39.0 Å². The monoisotopic (exact) mass is 372 g/mol. The standard InChI is InChI=1S/C20H28N4O3/c1-4-15(7-8-17-14-16(20(26)27)9-10-21-17)19(25)24(3)12-5-6-18-22-11-13-23(18)2/h9-11,13-15H,4-8,12H2,1-3H3,(H,26,27). The van der Waals surface area contributed by atoms with Crippen molar-refractivity contribution in [2.75, 3.05) is 13.6 Å². The Labute approximate surface area is 160 Å². The third-order valence-corrected chi connectivity index (χ3v) is 4.85. The van der Waals surface area contributed by atoms with Gasteiger partial charge in [-0.05, 0) is 37.8 Å². The minimum atomic E-state index is -0.964. The number of imidazole rings is 1. The maximum atomic E-state index is 12.7. The lowest BCUT2D eigenvalue weighted by atomic mass is 9.97. The highest BCUT2D eigenvalue weighted by Gasteiger charge is 2.20. The van der Waals surface area contributed by atoms with Crippen LogP contribution in [0.2, 0.25) is 0 Å². The molecule has 0 aliphatic carbocycles. The molecule has 2 heterocycles. The Kier molecular flexibility index (Phi) is 7.52. The number of pyridine rings is 1. The SMILES string of the molecule is CCC(CCc1cc(C(=O)O)ccn1)C(=O)N(C)CCCc1nccn1C. The van der Waals surface area contributed by atoms with Gasteiger partial charge in [-0.2, -0.15) is 0 Å². The zero-order chi connectivity index (χ0) is 19.8. The van der Waals surface area contributed by atoms with Crippen LogP contribution in [0.25, 0.3) is 0 Å². The van der Waals surface area contributed by atoms with E-state index < -0.39 is 5.97 Å². The minimum Gasteiger partial charge on any atom is -0.478 e. The number of carbonyl (C=O) groups excluding carboxylic acids is 1. The highest BCUT2D eigenvalue weighted by molar-refractivity contribution is 5.87. The van der Waals surface area contributed by atoms with Crippen LogP contribution in [0.1, 0.15) is 48.1 Å². The topological polar surface area (TPSA) is 88.3 Å². The summed E-state index contributed by atoms with van der Waals surface area (Å²) in [6.07, 6.45) is 8.92. The van der Waals surface area contributed by atoms with Crippen molar-refractivity contribution >= 4 is 11.9 Å². The number of aryl methyl sites for hydroxylation is 3. The van der Waals surface area contributed by atoms with Crippen LogP contribution in [0.4, 0.5) is 0 Å². The lowest BCUT2D eigenvalue weighted by Crippen LogP contribution is -2.34. The Morgan fingerprint density at radius 3 is 2.67 bits per heavy atom. The second kappa shape index (κ2) is 9.85. The van der Waals surface area contributed by atoms with Crippen molar-refractivity contribution in [2.24, 2.45) is 13.0 Å². The molecule has 0 saturated heterocycles. The van der Waals surface area contributed by atoms with E-state index in [-0.39, 0.29) is 17.4 Å². The van der Waals surface area contributed by atoms with Crippen LogP contribution < -0.4 is 0 Å². The van der Waals surface area contributed by atoms with Crippen LogP contribution in [0.15, 0.2) is 30.7 Å². The van der Waals surface area contributed by atoms with Crippen LogP contribution in [0, 0.1) is 5.92 Å². The van der Waals surface area contributed by atoms with Crippen LogP contribution in [0.3, 0.4) is 0 Å². The van der Waals surface area contributed by atoms with Gasteiger partial charge < -0.3 is 14.6 Å². The Bertz CT molecular complexity index is 772. The highest BCUT2D eigenvalue weighted by atomic mass is 16.4. The summed E-state index contributed by atoms with van der Waals surface area (Å²) >= 11 is 0. The van der Waals surface area contributed by atoms with E-state index in [1.165, 1.54) is 12.3 Å². The molecule has 0 fully saturated rings. The third-order valence-electron chi connectivity index (χ3n) is 4.85. The van der Waals surface area contributed by atoms with Crippen LogP contribution in [0.5, 0.6) is 0 Å². The molecule has 0 aromatic carbocycles. The maximum absolute atomic E-state index is 12.7. The van der Waals surface area contributed by atoms with Gasteiger partial charge in [0.2, 0.25) is 5.91 Å². The van der Waals surface area contributed by atoms with Crippen molar-refractivity contribution in [3.05, 3.63) is 47.8 Å². The van der Waals surface area contributed by atoms with Crippen molar-refractivity contribution < 1.29 is 14.7 Å². The molecule has 2 aromatic heterocycles. The van der Waals surface area contributed by atoms with Gasteiger partial charge in [0.15, 0.2) is 0 Å². The van der Waals surface area contributed by atoms with E-state index in [0.29, 0.717) is 25.1 Å². The molecular formula is C20H28N4O3. The fourth-order valence-electron chi connectivity index (χ4n) is 3.11. The van der Waals surface area contributed by atoms with Gasteiger partial charge in [0, 0.05) is 57.3 Å². The van der Waals surface area contributed by atoms with E-state index in [1.54, 1.807) is 17.2 Å². The summed E-state index contributed by atoms with van der Waals surface area (Å²) in [7, 11) is 3.81. The largest absolute Gasteiger partial charge is 0.478 e. The van der Waals surface area contributed by atoms with E-state index in [2.05, 4.69) is 9.97 Å².